The van der Waals surface area contributed by atoms with Gasteiger partial charge in [-0.15, -0.1) is 0 Å². The van der Waals surface area contributed by atoms with Crippen molar-refractivity contribution in [3.05, 3.63) is 64.0 Å². The first-order valence-corrected chi connectivity index (χ1v) is 8.47. The molecule has 0 saturated carbocycles. The van der Waals surface area contributed by atoms with E-state index in [0.717, 1.165) is 11.1 Å². The summed E-state index contributed by atoms with van der Waals surface area (Å²) in [6, 6.07) is 7.03. The number of nitrogens with zero attached hydrogens (tertiary/aromatic N) is 4. The summed E-state index contributed by atoms with van der Waals surface area (Å²) in [5.74, 6) is 0.0717. The lowest BCUT2D eigenvalue weighted by Crippen LogP contribution is -2.24. The predicted octanol–water partition coefficient (Wildman–Crippen LogP) is 3.94. The molecule has 0 aliphatic rings. The lowest BCUT2D eigenvalue weighted by atomic mass is 10.2. The minimum Gasteiger partial charge on any atom is -0.306 e. The number of benzene rings is 1. The Morgan fingerprint density at radius 1 is 1.24 bits per heavy atom. The van der Waals surface area contributed by atoms with Crippen molar-refractivity contribution in [1.82, 2.24) is 19.6 Å². The third-order valence-electron chi connectivity index (χ3n) is 3.76. The fourth-order valence-electron chi connectivity index (χ4n) is 2.35. The van der Waals surface area contributed by atoms with Crippen molar-refractivity contribution in [2.24, 2.45) is 0 Å². The normalized spacial score (nSPS) is 12.2. The molecule has 6 nitrogen and oxygen atoms in total. The van der Waals surface area contributed by atoms with Gasteiger partial charge in [0.25, 0.3) is 0 Å². The number of hydrogen-bond donors (Lipinski definition) is 1. The Morgan fingerprint density at radius 3 is 2.68 bits per heavy atom. The van der Waals surface area contributed by atoms with E-state index in [-0.39, 0.29) is 5.91 Å². The summed E-state index contributed by atoms with van der Waals surface area (Å²) in [5, 5.41) is 12.2. The standard InChI is InChI=1S/C17H17Cl2N5O/c1-11-7-20-24(8-11)12(2)17(25)21-16-15(19)10-23(22-16)9-13-5-3-4-6-14(13)18/h3-8,10,12H,9H2,1-2H3,(H,21,22,25). The Kier molecular flexibility index (Phi) is 5.11. The third-order valence-corrected chi connectivity index (χ3v) is 4.40. The zero-order chi connectivity index (χ0) is 18.0. The lowest BCUT2D eigenvalue weighted by Gasteiger charge is -2.11. The number of hydrogen-bond acceptors (Lipinski definition) is 3. The molecule has 0 fully saturated rings. The number of amides is 1. The van der Waals surface area contributed by atoms with Crippen molar-refractivity contribution in [2.75, 3.05) is 5.32 Å². The van der Waals surface area contributed by atoms with Gasteiger partial charge < -0.3 is 5.32 Å². The molecule has 0 aliphatic heterocycles. The van der Waals surface area contributed by atoms with Gasteiger partial charge in [0.2, 0.25) is 5.91 Å². The Morgan fingerprint density at radius 2 is 2.00 bits per heavy atom. The Hall–Kier alpha value is -2.31. The molecule has 25 heavy (non-hydrogen) atoms. The zero-order valence-electron chi connectivity index (χ0n) is 13.8. The van der Waals surface area contributed by atoms with Gasteiger partial charge in [0.05, 0.1) is 12.7 Å². The summed E-state index contributed by atoms with van der Waals surface area (Å²) in [4.78, 5) is 12.4. The molecule has 130 valence electrons. The molecule has 1 N–H and O–H groups in total. The highest BCUT2D eigenvalue weighted by molar-refractivity contribution is 6.33. The average molecular weight is 378 g/mol. The lowest BCUT2D eigenvalue weighted by molar-refractivity contribution is -0.119. The van der Waals surface area contributed by atoms with Crippen molar-refractivity contribution in [3.8, 4) is 0 Å². The van der Waals surface area contributed by atoms with Gasteiger partial charge in [-0.1, -0.05) is 41.4 Å². The molecule has 3 rings (SSSR count). The maximum absolute atomic E-state index is 12.4. The van der Waals surface area contributed by atoms with Crippen LogP contribution in [0.4, 0.5) is 5.82 Å². The Balaban J connectivity index is 1.72. The number of aryl methyl sites for hydroxylation is 1. The summed E-state index contributed by atoms with van der Waals surface area (Å²) in [7, 11) is 0. The van der Waals surface area contributed by atoms with Crippen molar-refractivity contribution in [2.45, 2.75) is 26.4 Å². The number of halogens is 2. The molecule has 1 atom stereocenters. The predicted molar refractivity (Wildman–Crippen MR) is 98.1 cm³/mol. The topological polar surface area (TPSA) is 64.7 Å². The molecule has 1 unspecified atom stereocenters. The quantitative estimate of drug-likeness (QED) is 0.731. The van der Waals surface area contributed by atoms with E-state index in [0.29, 0.717) is 22.4 Å². The van der Waals surface area contributed by atoms with Crippen LogP contribution in [0, 0.1) is 6.92 Å². The van der Waals surface area contributed by atoms with Crippen LogP contribution in [0.15, 0.2) is 42.9 Å². The smallest absolute Gasteiger partial charge is 0.250 e. The second-order valence-electron chi connectivity index (χ2n) is 5.78. The van der Waals surface area contributed by atoms with Gasteiger partial charge in [-0.05, 0) is 31.0 Å². The van der Waals surface area contributed by atoms with E-state index in [9.17, 15) is 4.79 Å². The SMILES string of the molecule is Cc1cnn(C(C)C(=O)Nc2nn(Cc3ccccc3Cl)cc2Cl)c1. The second kappa shape index (κ2) is 7.29. The summed E-state index contributed by atoms with van der Waals surface area (Å²) < 4.78 is 3.24. The number of anilines is 1. The highest BCUT2D eigenvalue weighted by Crippen LogP contribution is 2.23. The highest BCUT2D eigenvalue weighted by atomic mass is 35.5. The number of aromatic nitrogens is 4. The number of nitrogens with one attached hydrogen (secondary N) is 1. The third kappa shape index (κ3) is 4.03. The van der Waals surface area contributed by atoms with Gasteiger partial charge in [0, 0.05) is 17.4 Å². The molecule has 0 spiro atoms. The van der Waals surface area contributed by atoms with Crippen LogP contribution in [0.3, 0.4) is 0 Å². The maximum Gasteiger partial charge on any atom is 0.250 e. The molecule has 0 aliphatic carbocycles. The van der Waals surface area contributed by atoms with Crippen molar-refractivity contribution >= 4 is 34.9 Å². The highest BCUT2D eigenvalue weighted by Gasteiger charge is 2.18. The molecular weight excluding hydrogens is 361 g/mol. The van der Waals surface area contributed by atoms with E-state index in [2.05, 4.69) is 15.5 Å². The number of carbonyl (C=O) groups excluding carboxylic acids is 1. The van der Waals surface area contributed by atoms with Gasteiger partial charge in [-0.2, -0.15) is 10.2 Å². The first-order valence-electron chi connectivity index (χ1n) is 7.72. The van der Waals surface area contributed by atoms with E-state index in [4.69, 9.17) is 23.2 Å². The monoisotopic (exact) mass is 377 g/mol. The second-order valence-corrected chi connectivity index (χ2v) is 6.59. The first-order chi connectivity index (χ1) is 11.9. The molecule has 2 heterocycles. The summed E-state index contributed by atoms with van der Waals surface area (Å²) in [5.41, 5.74) is 1.91. The molecule has 0 bridgehead atoms. The summed E-state index contributed by atoms with van der Waals surface area (Å²) >= 11 is 12.4. The molecule has 0 radical (unpaired) electrons. The van der Waals surface area contributed by atoms with Gasteiger partial charge >= 0.3 is 0 Å². The Labute approximate surface area is 155 Å². The maximum atomic E-state index is 12.4. The van der Waals surface area contributed by atoms with Crippen LogP contribution in [0.2, 0.25) is 10.0 Å². The molecular formula is C17H17Cl2N5O. The first kappa shape index (κ1) is 17.5. The van der Waals surface area contributed by atoms with E-state index in [1.165, 1.54) is 0 Å². The zero-order valence-corrected chi connectivity index (χ0v) is 15.3. The molecule has 8 heteroatoms. The van der Waals surface area contributed by atoms with Crippen LogP contribution in [0.25, 0.3) is 0 Å². The van der Waals surface area contributed by atoms with Crippen LogP contribution in [0.5, 0.6) is 0 Å². The molecule has 2 aromatic heterocycles. The van der Waals surface area contributed by atoms with Crippen LogP contribution in [-0.4, -0.2) is 25.5 Å². The van der Waals surface area contributed by atoms with Crippen molar-refractivity contribution in [1.29, 1.82) is 0 Å². The van der Waals surface area contributed by atoms with Gasteiger partial charge in [-0.25, -0.2) is 0 Å². The minimum atomic E-state index is -0.474. The van der Waals surface area contributed by atoms with Crippen LogP contribution >= 0.6 is 23.2 Å². The fourth-order valence-corrected chi connectivity index (χ4v) is 2.74. The van der Waals surface area contributed by atoms with Crippen molar-refractivity contribution in [3.63, 3.8) is 0 Å². The van der Waals surface area contributed by atoms with Gasteiger partial charge in [0.1, 0.15) is 11.1 Å². The van der Waals surface area contributed by atoms with Crippen LogP contribution < -0.4 is 5.32 Å². The van der Waals surface area contributed by atoms with E-state index in [1.807, 2.05) is 37.4 Å². The Bertz CT molecular complexity index is 902. The van der Waals surface area contributed by atoms with E-state index >= 15 is 0 Å². The van der Waals surface area contributed by atoms with Gasteiger partial charge in [-0.3, -0.25) is 14.2 Å². The number of rotatable bonds is 5. The molecule has 1 amide bonds. The van der Waals surface area contributed by atoms with Crippen LogP contribution in [0.1, 0.15) is 24.1 Å². The molecule has 0 saturated heterocycles. The average Bonchev–Trinajstić information content (AvgIpc) is 3.15. The van der Waals surface area contributed by atoms with E-state index in [1.54, 1.807) is 28.7 Å². The summed E-state index contributed by atoms with van der Waals surface area (Å²) in [6.45, 7) is 4.14. The van der Waals surface area contributed by atoms with E-state index < -0.39 is 6.04 Å². The van der Waals surface area contributed by atoms with Crippen molar-refractivity contribution < 1.29 is 4.79 Å². The molecule has 1 aromatic carbocycles. The largest absolute Gasteiger partial charge is 0.306 e. The minimum absolute atomic E-state index is 0.243. The van der Waals surface area contributed by atoms with Gasteiger partial charge in [0.15, 0.2) is 5.82 Å². The number of carbonyl (C=O) groups is 1. The summed E-state index contributed by atoms with van der Waals surface area (Å²) in [6.07, 6.45) is 5.17. The fraction of sp³-hybridized carbons (Fsp3) is 0.235. The van der Waals surface area contributed by atoms with Crippen LogP contribution in [-0.2, 0) is 11.3 Å². The molecule has 3 aromatic rings.